The lowest BCUT2D eigenvalue weighted by Crippen LogP contribution is -2.51. The molecule has 0 bridgehead atoms. The topological polar surface area (TPSA) is 88.1 Å². The van der Waals surface area contributed by atoms with Crippen LogP contribution in [0.3, 0.4) is 0 Å². The minimum Gasteiger partial charge on any atom is -0.486 e. The third-order valence-electron chi connectivity index (χ3n) is 6.60. The predicted molar refractivity (Wildman–Crippen MR) is 128 cm³/mol. The van der Waals surface area contributed by atoms with E-state index in [1.165, 1.54) is 0 Å². The third kappa shape index (κ3) is 4.38. The van der Waals surface area contributed by atoms with E-state index in [-0.39, 0.29) is 30.1 Å². The molecule has 3 aliphatic rings. The quantitative estimate of drug-likeness (QED) is 0.685. The van der Waals surface area contributed by atoms with E-state index in [4.69, 9.17) is 14.5 Å². The van der Waals surface area contributed by atoms with Gasteiger partial charge in [0.25, 0.3) is 0 Å². The number of piperazine rings is 1. The van der Waals surface area contributed by atoms with Crippen molar-refractivity contribution in [2.45, 2.75) is 33.1 Å². The van der Waals surface area contributed by atoms with Gasteiger partial charge in [-0.2, -0.15) is 0 Å². The SMILES string of the molecule is Cc1cc(N2CCN(C(=O)C3CC(=O)N(c4ccc5c(c4)OCCO5)C3)CC2)nc(C(C)C)n1. The minimum absolute atomic E-state index is 0.0358. The maximum atomic E-state index is 13.3. The van der Waals surface area contributed by atoms with Gasteiger partial charge in [0, 0.05) is 68.6 Å². The molecule has 2 fully saturated rings. The van der Waals surface area contributed by atoms with Crippen molar-refractivity contribution in [2.75, 3.05) is 55.7 Å². The summed E-state index contributed by atoms with van der Waals surface area (Å²) in [5.74, 6) is 3.04. The van der Waals surface area contributed by atoms with E-state index >= 15 is 0 Å². The van der Waals surface area contributed by atoms with Crippen LogP contribution < -0.4 is 19.3 Å². The molecule has 0 aliphatic carbocycles. The van der Waals surface area contributed by atoms with Crippen LogP contribution >= 0.6 is 0 Å². The molecule has 0 spiro atoms. The Morgan fingerprint density at radius 2 is 1.76 bits per heavy atom. The van der Waals surface area contributed by atoms with Gasteiger partial charge in [0.15, 0.2) is 11.5 Å². The summed E-state index contributed by atoms with van der Waals surface area (Å²) in [6.45, 7) is 10.2. The van der Waals surface area contributed by atoms with Gasteiger partial charge in [0.1, 0.15) is 24.9 Å². The van der Waals surface area contributed by atoms with Crippen LogP contribution in [0.4, 0.5) is 11.5 Å². The van der Waals surface area contributed by atoms with Crippen molar-refractivity contribution in [3.63, 3.8) is 0 Å². The zero-order chi connectivity index (χ0) is 23.8. The largest absolute Gasteiger partial charge is 0.486 e. The summed E-state index contributed by atoms with van der Waals surface area (Å²) in [5, 5.41) is 0. The molecule has 0 saturated carbocycles. The molecule has 34 heavy (non-hydrogen) atoms. The fraction of sp³-hybridized carbons (Fsp3) is 0.520. The molecule has 9 heteroatoms. The average molecular weight is 466 g/mol. The highest BCUT2D eigenvalue weighted by molar-refractivity contribution is 6.00. The van der Waals surface area contributed by atoms with E-state index in [1.54, 1.807) is 4.90 Å². The van der Waals surface area contributed by atoms with E-state index in [0.29, 0.717) is 57.4 Å². The Morgan fingerprint density at radius 3 is 2.50 bits per heavy atom. The first-order valence-corrected chi connectivity index (χ1v) is 12.0. The number of carbonyl (C=O) groups is 2. The second kappa shape index (κ2) is 9.12. The first kappa shape index (κ1) is 22.4. The second-order valence-corrected chi connectivity index (χ2v) is 9.43. The van der Waals surface area contributed by atoms with Crippen molar-refractivity contribution in [1.82, 2.24) is 14.9 Å². The van der Waals surface area contributed by atoms with Crippen molar-refractivity contribution in [3.05, 3.63) is 35.8 Å². The number of carbonyl (C=O) groups excluding carboxylic acids is 2. The van der Waals surface area contributed by atoms with Crippen molar-refractivity contribution >= 4 is 23.3 Å². The lowest BCUT2D eigenvalue weighted by Gasteiger charge is -2.36. The standard InChI is InChI=1S/C25H31N5O4/c1-16(2)24-26-17(3)12-22(27-24)28-6-8-29(9-7-28)25(32)18-13-23(31)30(15-18)19-4-5-20-21(14-19)34-11-10-33-20/h4-5,12,14,16,18H,6-11,13,15H2,1-3H3. The molecular weight excluding hydrogens is 434 g/mol. The van der Waals surface area contributed by atoms with Crippen LogP contribution in [0.5, 0.6) is 11.5 Å². The van der Waals surface area contributed by atoms with E-state index in [9.17, 15) is 9.59 Å². The van der Waals surface area contributed by atoms with E-state index in [0.717, 1.165) is 23.0 Å². The highest BCUT2D eigenvalue weighted by Gasteiger charge is 2.38. The Kier molecular flexibility index (Phi) is 6.02. The Labute approximate surface area is 199 Å². The first-order chi connectivity index (χ1) is 16.4. The molecule has 9 nitrogen and oxygen atoms in total. The molecule has 1 aromatic heterocycles. The Morgan fingerprint density at radius 1 is 1.03 bits per heavy atom. The van der Waals surface area contributed by atoms with Crippen LogP contribution in [0, 0.1) is 12.8 Å². The van der Waals surface area contributed by atoms with E-state index in [1.807, 2.05) is 36.1 Å². The van der Waals surface area contributed by atoms with Crippen LogP contribution in [-0.4, -0.2) is 72.6 Å². The molecule has 0 N–H and O–H groups in total. The van der Waals surface area contributed by atoms with Crippen molar-refractivity contribution in [3.8, 4) is 11.5 Å². The Hall–Kier alpha value is -3.36. The molecule has 2 amide bonds. The Bertz CT molecular complexity index is 1100. The summed E-state index contributed by atoms with van der Waals surface area (Å²) in [7, 11) is 0. The normalized spacial score (nSPS) is 20.3. The smallest absolute Gasteiger partial charge is 0.228 e. The van der Waals surface area contributed by atoms with Crippen LogP contribution in [-0.2, 0) is 9.59 Å². The zero-order valence-electron chi connectivity index (χ0n) is 20.0. The van der Waals surface area contributed by atoms with Gasteiger partial charge in [0.2, 0.25) is 11.8 Å². The monoisotopic (exact) mass is 465 g/mol. The van der Waals surface area contributed by atoms with E-state index < -0.39 is 0 Å². The van der Waals surface area contributed by atoms with Crippen molar-refractivity contribution < 1.29 is 19.1 Å². The van der Waals surface area contributed by atoms with Gasteiger partial charge in [-0.25, -0.2) is 9.97 Å². The number of nitrogens with zero attached hydrogens (tertiary/aromatic N) is 5. The van der Waals surface area contributed by atoms with Crippen LogP contribution in [0.25, 0.3) is 0 Å². The molecule has 1 aromatic carbocycles. The summed E-state index contributed by atoms with van der Waals surface area (Å²) in [6.07, 6.45) is 0.232. The summed E-state index contributed by atoms with van der Waals surface area (Å²) in [6, 6.07) is 7.51. The molecule has 180 valence electrons. The number of hydrogen-bond acceptors (Lipinski definition) is 7. The number of anilines is 2. The first-order valence-electron chi connectivity index (χ1n) is 12.0. The van der Waals surface area contributed by atoms with Gasteiger partial charge in [-0.05, 0) is 19.1 Å². The average Bonchev–Trinajstić information content (AvgIpc) is 3.24. The molecule has 2 saturated heterocycles. The molecule has 0 radical (unpaired) electrons. The molecule has 4 heterocycles. The van der Waals surface area contributed by atoms with Gasteiger partial charge in [-0.15, -0.1) is 0 Å². The summed E-state index contributed by atoms with van der Waals surface area (Å²) < 4.78 is 11.2. The van der Waals surface area contributed by atoms with Crippen molar-refractivity contribution in [1.29, 1.82) is 0 Å². The molecule has 2 aromatic rings. The maximum absolute atomic E-state index is 13.3. The summed E-state index contributed by atoms with van der Waals surface area (Å²) in [5.41, 5.74) is 1.70. The molecule has 1 atom stereocenters. The number of hydrogen-bond donors (Lipinski definition) is 0. The zero-order valence-corrected chi connectivity index (χ0v) is 20.0. The molecule has 5 rings (SSSR count). The maximum Gasteiger partial charge on any atom is 0.228 e. The number of aromatic nitrogens is 2. The number of aryl methyl sites for hydroxylation is 1. The molecular formula is C25H31N5O4. The molecule has 3 aliphatic heterocycles. The highest BCUT2D eigenvalue weighted by Crippen LogP contribution is 2.36. The predicted octanol–water partition coefficient (Wildman–Crippen LogP) is 2.38. The number of amides is 2. The fourth-order valence-corrected chi connectivity index (χ4v) is 4.73. The number of rotatable bonds is 4. The summed E-state index contributed by atoms with van der Waals surface area (Å²) >= 11 is 0. The fourth-order valence-electron chi connectivity index (χ4n) is 4.73. The van der Waals surface area contributed by atoms with Crippen LogP contribution in [0.2, 0.25) is 0 Å². The lowest BCUT2D eigenvalue weighted by atomic mass is 10.1. The van der Waals surface area contributed by atoms with Crippen LogP contribution in [0.1, 0.15) is 37.7 Å². The van der Waals surface area contributed by atoms with Crippen molar-refractivity contribution in [2.24, 2.45) is 5.92 Å². The van der Waals surface area contributed by atoms with Gasteiger partial charge < -0.3 is 24.2 Å². The highest BCUT2D eigenvalue weighted by atomic mass is 16.6. The number of fused-ring (bicyclic) bond motifs is 1. The second-order valence-electron chi connectivity index (χ2n) is 9.43. The van der Waals surface area contributed by atoms with Gasteiger partial charge in [-0.1, -0.05) is 13.8 Å². The summed E-state index contributed by atoms with van der Waals surface area (Å²) in [4.78, 5) is 41.1. The van der Waals surface area contributed by atoms with Gasteiger partial charge in [-0.3, -0.25) is 9.59 Å². The van der Waals surface area contributed by atoms with Crippen LogP contribution in [0.15, 0.2) is 24.3 Å². The molecule has 1 unspecified atom stereocenters. The third-order valence-corrected chi connectivity index (χ3v) is 6.60. The Balaban J connectivity index is 1.21. The van der Waals surface area contributed by atoms with E-state index in [2.05, 4.69) is 23.7 Å². The lowest BCUT2D eigenvalue weighted by molar-refractivity contribution is -0.136. The number of ether oxygens (including phenoxy) is 2. The minimum atomic E-state index is -0.332. The number of benzene rings is 1. The van der Waals surface area contributed by atoms with Gasteiger partial charge in [0.05, 0.1) is 5.92 Å². The van der Waals surface area contributed by atoms with Gasteiger partial charge >= 0.3 is 0 Å².